The van der Waals surface area contributed by atoms with E-state index < -0.39 is 0 Å². The Hall–Kier alpha value is -2.33. The molecular weight excluding hydrogens is 336 g/mol. The second kappa shape index (κ2) is 9.23. The first-order valence-corrected chi connectivity index (χ1v) is 9.27. The molecule has 0 fully saturated rings. The minimum absolute atomic E-state index is 0.0707. The van der Waals surface area contributed by atoms with Gasteiger partial charge in [-0.25, -0.2) is 4.98 Å². The van der Waals surface area contributed by atoms with Gasteiger partial charge in [-0.15, -0.1) is 0 Å². The number of thioether (sulfide) groups is 1. The third kappa shape index (κ3) is 5.33. The summed E-state index contributed by atoms with van der Waals surface area (Å²) in [6, 6.07) is 9.24. The van der Waals surface area contributed by atoms with Crippen LogP contribution in [-0.2, 0) is 11.3 Å². The van der Waals surface area contributed by atoms with Crippen LogP contribution in [0.25, 0.3) is 10.9 Å². The van der Waals surface area contributed by atoms with Crippen LogP contribution in [0.15, 0.2) is 34.2 Å². The van der Waals surface area contributed by atoms with Crippen molar-refractivity contribution in [1.82, 2.24) is 14.9 Å². The second-order valence-corrected chi connectivity index (χ2v) is 7.04. The summed E-state index contributed by atoms with van der Waals surface area (Å²) in [4.78, 5) is 29.2. The van der Waals surface area contributed by atoms with Gasteiger partial charge < -0.3 is 5.32 Å². The molecule has 0 aliphatic heterocycles. The number of carbonyl (C=O) groups excluding carboxylic acids is 1. The van der Waals surface area contributed by atoms with Gasteiger partial charge in [-0.05, 0) is 24.5 Å². The fraction of sp³-hybridized carbons (Fsp3) is 0.444. The zero-order valence-corrected chi connectivity index (χ0v) is 15.3. The van der Waals surface area contributed by atoms with Crippen LogP contribution in [0.4, 0.5) is 0 Å². The molecule has 7 heteroatoms. The van der Waals surface area contributed by atoms with Crippen molar-refractivity contribution >= 4 is 28.6 Å². The number of aromatic nitrogens is 2. The van der Waals surface area contributed by atoms with Crippen molar-refractivity contribution in [1.29, 1.82) is 5.26 Å². The molecule has 132 valence electrons. The third-order valence-electron chi connectivity index (χ3n) is 3.65. The topological polar surface area (TPSA) is 87.8 Å². The molecule has 6 nitrogen and oxygen atoms in total. The molecule has 1 N–H and O–H groups in total. The molecule has 2 aromatic rings. The van der Waals surface area contributed by atoms with Crippen LogP contribution in [0, 0.1) is 17.2 Å². The predicted molar refractivity (Wildman–Crippen MR) is 99.4 cm³/mol. The number of carbonyl (C=O) groups is 1. The van der Waals surface area contributed by atoms with Crippen LogP contribution in [0.3, 0.4) is 0 Å². The van der Waals surface area contributed by atoms with Gasteiger partial charge in [0.05, 0.1) is 29.1 Å². The number of benzene rings is 1. The normalized spacial score (nSPS) is 10.8. The quantitative estimate of drug-likeness (QED) is 0.445. The average molecular weight is 358 g/mol. The maximum Gasteiger partial charge on any atom is 0.262 e. The summed E-state index contributed by atoms with van der Waals surface area (Å²) >= 11 is 1.25. The number of hydrogen-bond donors (Lipinski definition) is 1. The largest absolute Gasteiger partial charge is 0.354 e. The van der Waals surface area contributed by atoms with Crippen molar-refractivity contribution in [2.24, 2.45) is 5.92 Å². The van der Waals surface area contributed by atoms with E-state index in [0.717, 1.165) is 6.42 Å². The smallest absolute Gasteiger partial charge is 0.262 e. The molecule has 0 saturated carbocycles. The van der Waals surface area contributed by atoms with Crippen LogP contribution < -0.4 is 10.9 Å². The number of rotatable bonds is 8. The van der Waals surface area contributed by atoms with Gasteiger partial charge in [0.25, 0.3) is 5.56 Å². The third-order valence-corrected chi connectivity index (χ3v) is 4.62. The molecule has 0 atom stereocenters. The molecule has 2 rings (SSSR count). The molecule has 0 unspecified atom stereocenters. The number of nitrogens with one attached hydrogen (secondary N) is 1. The van der Waals surface area contributed by atoms with E-state index in [4.69, 9.17) is 5.26 Å². The Bertz CT molecular complexity index is 839. The predicted octanol–water partition coefficient (Wildman–Crippen LogP) is 2.56. The molecule has 0 aliphatic rings. The van der Waals surface area contributed by atoms with Crippen molar-refractivity contribution in [3.8, 4) is 6.07 Å². The van der Waals surface area contributed by atoms with Gasteiger partial charge in [0, 0.05) is 13.1 Å². The van der Waals surface area contributed by atoms with Crippen molar-refractivity contribution < 1.29 is 4.79 Å². The van der Waals surface area contributed by atoms with Gasteiger partial charge in [0.15, 0.2) is 5.16 Å². The lowest BCUT2D eigenvalue weighted by Gasteiger charge is -2.14. The summed E-state index contributed by atoms with van der Waals surface area (Å²) in [5, 5.41) is 12.3. The van der Waals surface area contributed by atoms with E-state index in [1.807, 2.05) is 18.2 Å². The highest BCUT2D eigenvalue weighted by Crippen LogP contribution is 2.18. The van der Waals surface area contributed by atoms with Crippen molar-refractivity contribution in [2.45, 2.75) is 38.4 Å². The Morgan fingerprint density at radius 3 is 2.88 bits per heavy atom. The van der Waals surface area contributed by atoms with E-state index >= 15 is 0 Å². The summed E-state index contributed by atoms with van der Waals surface area (Å²) in [7, 11) is 0. The molecule has 0 radical (unpaired) electrons. The monoisotopic (exact) mass is 358 g/mol. The molecule has 1 aromatic carbocycles. The fourth-order valence-corrected chi connectivity index (χ4v) is 3.14. The van der Waals surface area contributed by atoms with E-state index in [-0.39, 0.29) is 23.6 Å². The Morgan fingerprint density at radius 1 is 1.40 bits per heavy atom. The van der Waals surface area contributed by atoms with Crippen molar-refractivity contribution in [3.05, 3.63) is 34.6 Å². The average Bonchev–Trinajstić information content (AvgIpc) is 2.59. The number of nitriles is 1. The zero-order valence-electron chi connectivity index (χ0n) is 14.5. The molecule has 25 heavy (non-hydrogen) atoms. The minimum Gasteiger partial charge on any atom is -0.354 e. The van der Waals surface area contributed by atoms with E-state index in [9.17, 15) is 9.59 Å². The zero-order chi connectivity index (χ0) is 18.2. The number of nitrogens with zero attached hydrogens (tertiary/aromatic N) is 3. The number of fused-ring (bicyclic) bond motifs is 1. The van der Waals surface area contributed by atoms with Crippen LogP contribution >= 0.6 is 11.8 Å². The minimum atomic E-state index is -0.168. The second-order valence-electron chi connectivity index (χ2n) is 6.10. The maximum atomic E-state index is 12.8. The highest BCUT2D eigenvalue weighted by atomic mass is 32.2. The molecule has 0 aliphatic carbocycles. The lowest BCUT2D eigenvalue weighted by Crippen LogP contribution is -2.27. The molecule has 1 aromatic heterocycles. The number of amides is 1. The summed E-state index contributed by atoms with van der Waals surface area (Å²) in [6.07, 6.45) is 1.14. The van der Waals surface area contributed by atoms with Gasteiger partial charge in [-0.3, -0.25) is 14.2 Å². The molecule has 0 bridgehead atoms. The molecule has 1 amide bonds. The molecule has 1 heterocycles. The first-order chi connectivity index (χ1) is 12.0. The van der Waals surface area contributed by atoms with Crippen LogP contribution in [-0.4, -0.2) is 27.8 Å². The van der Waals surface area contributed by atoms with Crippen LogP contribution in [0.5, 0.6) is 0 Å². The van der Waals surface area contributed by atoms with Crippen LogP contribution in [0.2, 0.25) is 0 Å². The van der Waals surface area contributed by atoms with Crippen molar-refractivity contribution in [3.63, 3.8) is 0 Å². The Morgan fingerprint density at radius 2 is 2.16 bits per heavy atom. The number of para-hydroxylation sites is 1. The van der Waals surface area contributed by atoms with Gasteiger partial charge in [-0.2, -0.15) is 5.26 Å². The highest BCUT2D eigenvalue weighted by Gasteiger charge is 2.13. The maximum absolute atomic E-state index is 12.8. The summed E-state index contributed by atoms with van der Waals surface area (Å²) in [5.41, 5.74) is 0.569. The van der Waals surface area contributed by atoms with E-state index in [2.05, 4.69) is 24.1 Å². The SMILES string of the molecule is CC(C)CCn1c(SCC(=O)NCCC#N)nc2ccccc2c1=O. The lowest BCUT2D eigenvalue weighted by atomic mass is 10.1. The van der Waals surface area contributed by atoms with Gasteiger partial charge in [0.2, 0.25) is 5.91 Å². The molecular formula is C18H22N4O2S. The van der Waals surface area contributed by atoms with Crippen LogP contribution in [0.1, 0.15) is 26.7 Å². The highest BCUT2D eigenvalue weighted by molar-refractivity contribution is 7.99. The van der Waals surface area contributed by atoms with E-state index in [0.29, 0.717) is 35.1 Å². The first kappa shape index (κ1) is 19.0. The van der Waals surface area contributed by atoms with Gasteiger partial charge >= 0.3 is 0 Å². The Kier molecular flexibility index (Phi) is 7.02. The lowest BCUT2D eigenvalue weighted by molar-refractivity contribution is -0.118. The fourth-order valence-electron chi connectivity index (χ4n) is 2.28. The summed E-state index contributed by atoms with van der Waals surface area (Å²) < 4.78 is 1.66. The van der Waals surface area contributed by atoms with Gasteiger partial charge in [-0.1, -0.05) is 37.7 Å². The van der Waals surface area contributed by atoms with E-state index in [1.165, 1.54) is 11.8 Å². The Balaban J connectivity index is 2.23. The Labute approximate surface area is 151 Å². The standard InChI is InChI=1S/C18H22N4O2S/c1-13(2)8-11-22-17(24)14-6-3-4-7-15(14)21-18(22)25-12-16(23)20-10-5-9-19/h3-4,6-7,13H,5,8,10-12H2,1-2H3,(H,20,23). The number of hydrogen-bond acceptors (Lipinski definition) is 5. The molecule has 0 spiro atoms. The van der Waals surface area contributed by atoms with E-state index in [1.54, 1.807) is 16.7 Å². The van der Waals surface area contributed by atoms with Gasteiger partial charge in [0.1, 0.15) is 0 Å². The summed E-state index contributed by atoms with van der Waals surface area (Å²) in [6.45, 7) is 5.12. The molecule has 0 saturated heterocycles. The summed E-state index contributed by atoms with van der Waals surface area (Å²) in [5.74, 6) is 0.460. The van der Waals surface area contributed by atoms with Crippen molar-refractivity contribution in [2.75, 3.05) is 12.3 Å². The first-order valence-electron chi connectivity index (χ1n) is 8.29.